The summed E-state index contributed by atoms with van der Waals surface area (Å²) in [6.07, 6.45) is 0.796. The van der Waals surface area contributed by atoms with Gasteiger partial charge in [-0.2, -0.15) is 0 Å². The molecule has 0 aromatic heterocycles. The largest absolute Gasteiger partial charge is 0.467 e. The summed E-state index contributed by atoms with van der Waals surface area (Å²) in [6, 6.07) is 0. The van der Waals surface area contributed by atoms with Crippen LogP contribution >= 0.6 is 0 Å². The third kappa shape index (κ3) is 2.22. The SMILES string of the molecule is C=C(OC(O)CCC)C1(C)CO1. The molecule has 1 aliphatic heterocycles. The molecule has 1 saturated heterocycles. The molecule has 0 bridgehead atoms. The Hall–Kier alpha value is -0.540. The topological polar surface area (TPSA) is 42.0 Å². The van der Waals surface area contributed by atoms with Crippen molar-refractivity contribution in [2.45, 2.75) is 38.6 Å². The summed E-state index contributed by atoms with van der Waals surface area (Å²) in [5.74, 6) is 0.531. The third-order valence-corrected chi connectivity index (χ3v) is 1.98. The second kappa shape index (κ2) is 3.46. The number of aliphatic hydroxyl groups is 1. The molecule has 0 aromatic rings. The van der Waals surface area contributed by atoms with E-state index in [-0.39, 0.29) is 5.60 Å². The third-order valence-electron chi connectivity index (χ3n) is 1.98. The quantitative estimate of drug-likeness (QED) is 0.387. The molecule has 0 saturated carbocycles. The predicted molar refractivity (Wildman–Crippen MR) is 45.5 cm³/mol. The van der Waals surface area contributed by atoms with Crippen LogP contribution in [-0.2, 0) is 9.47 Å². The highest BCUT2D eigenvalue weighted by atomic mass is 16.7. The van der Waals surface area contributed by atoms with E-state index in [1.54, 1.807) is 0 Å². The lowest BCUT2D eigenvalue weighted by atomic mass is 10.2. The zero-order chi connectivity index (χ0) is 9.19. The van der Waals surface area contributed by atoms with Crippen molar-refractivity contribution in [1.29, 1.82) is 0 Å². The van der Waals surface area contributed by atoms with E-state index in [1.165, 1.54) is 0 Å². The van der Waals surface area contributed by atoms with E-state index in [0.717, 1.165) is 6.42 Å². The summed E-state index contributed by atoms with van der Waals surface area (Å²) in [7, 11) is 0. The van der Waals surface area contributed by atoms with Gasteiger partial charge in [0.15, 0.2) is 6.29 Å². The van der Waals surface area contributed by atoms with Gasteiger partial charge in [0.2, 0.25) is 0 Å². The van der Waals surface area contributed by atoms with Crippen LogP contribution in [0, 0.1) is 0 Å². The van der Waals surface area contributed by atoms with Crippen molar-refractivity contribution in [2.24, 2.45) is 0 Å². The van der Waals surface area contributed by atoms with E-state index in [9.17, 15) is 5.11 Å². The van der Waals surface area contributed by atoms with Gasteiger partial charge in [-0.1, -0.05) is 19.9 Å². The lowest BCUT2D eigenvalue weighted by Crippen LogP contribution is -2.18. The van der Waals surface area contributed by atoms with Gasteiger partial charge in [-0.15, -0.1) is 0 Å². The zero-order valence-electron chi connectivity index (χ0n) is 7.67. The Morgan fingerprint density at radius 2 is 2.42 bits per heavy atom. The molecule has 1 rings (SSSR count). The maximum absolute atomic E-state index is 9.27. The Morgan fingerprint density at radius 3 is 2.83 bits per heavy atom. The fraction of sp³-hybridized carbons (Fsp3) is 0.778. The van der Waals surface area contributed by atoms with E-state index >= 15 is 0 Å². The van der Waals surface area contributed by atoms with Crippen molar-refractivity contribution in [3.05, 3.63) is 12.3 Å². The molecule has 3 heteroatoms. The molecule has 0 spiro atoms. The van der Waals surface area contributed by atoms with Gasteiger partial charge in [0.25, 0.3) is 0 Å². The number of rotatable bonds is 5. The molecule has 1 N–H and O–H groups in total. The van der Waals surface area contributed by atoms with Crippen LogP contribution < -0.4 is 0 Å². The van der Waals surface area contributed by atoms with Crippen LogP contribution in [-0.4, -0.2) is 23.6 Å². The fourth-order valence-corrected chi connectivity index (χ4v) is 0.864. The molecular formula is C9H16O3. The molecule has 2 atom stereocenters. The molecular weight excluding hydrogens is 156 g/mol. The maximum Gasteiger partial charge on any atom is 0.196 e. The minimum absolute atomic E-state index is 0.339. The van der Waals surface area contributed by atoms with Crippen molar-refractivity contribution in [3.8, 4) is 0 Å². The van der Waals surface area contributed by atoms with Crippen LogP contribution in [0.2, 0.25) is 0 Å². The molecule has 0 aliphatic carbocycles. The summed E-state index contributed by atoms with van der Waals surface area (Å²) in [5.41, 5.74) is -0.339. The zero-order valence-corrected chi connectivity index (χ0v) is 7.67. The second-order valence-corrected chi connectivity index (χ2v) is 3.30. The number of epoxide rings is 1. The van der Waals surface area contributed by atoms with Crippen LogP contribution in [0.3, 0.4) is 0 Å². The van der Waals surface area contributed by atoms with Gasteiger partial charge in [0.1, 0.15) is 11.4 Å². The first kappa shape index (κ1) is 9.55. The number of ether oxygens (including phenoxy) is 2. The molecule has 12 heavy (non-hydrogen) atoms. The van der Waals surface area contributed by atoms with Gasteiger partial charge in [0, 0.05) is 6.42 Å². The number of hydrogen-bond acceptors (Lipinski definition) is 3. The lowest BCUT2D eigenvalue weighted by Gasteiger charge is -2.16. The summed E-state index contributed by atoms with van der Waals surface area (Å²) in [5, 5.41) is 9.27. The van der Waals surface area contributed by atoms with Gasteiger partial charge < -0.3 is 14.6 Å². The van der Waals surface area contributed by atoms with Crippen LogP contribution in [0.25, 0.3) is 0 Å². The normalized spacial score (nSPS) is 29.6. The van der Waals surface area contributed by atoms with Gasteiger partial charge in [-0.25, -0.2) is 0 Å². The molecule has 3 nitrogen and oxygen atoms in total. The smallest absolute Gasteiger partial charge is 0.196 e. The lowest BCUT2D eigenvalue weighted by molar-refractivity contribution is -0.0792. The Balaban J connectivity index is 2.26. The highest BCUT2D eigenvalue weighted by molar-refractivity contribution is 5.11. The van der Waals surface area contributed by atoms with E-state index in [4.69, 9.17) is 9.47 Å². The maximum atomic E-state index is 9.27. The molecule has 0 aromatic carbocycles. The van der Waals surface area contributed by atoms with Gasteiger partial charge in [-0.3, -0.25) is 0 Å². The predicted octanol–water partition coefficient (Wildman–Crippen LogP) is 1.42. The van der Waals surface area contributed by atoms with Gasteiger partial charge in [0.05, 0.1) is 6.61 Å². The monoisotopic (exact) mass is 172 g/mol. The van der Waals surface area contributed by atoms with Crippen molar-refractivity contribution >= 4 is 0 Å². The average molecular weight is 172 g/mol. The van der Waals surface area contributed by atoms with Crippen LogP contribution in [0.1, 0.15) is 26.7 Å². The second-order valence-electron chi connectivity index (χ2n) is 3.30. The minimum atomic E-state index is -0.733. The first-order valence-corrected chi connectivity index (χ1v) is 4.26. The molecule has 1 fully saturated rings. The first-order chi connectivity index (χ1) is 5.58. The molecule has 1 aliphatic rings. The summed E-state index contributed by atoms with van der Waals surface area (Å²) >= 11 is 0. The van der Waals surface area contributed by atoms with Crippen molar-refractivity contribution in [2.75, 3.05) is 6.61 Å². The highest BCUT2D eigenvalue weighted by Gasteiger charge is 2.44. The summed E-state index contributed by atoms with van der Waals surface area (Å²) in [6.45, 7) is 8.23. The Labute approximate surface area is 73.0 Å². The Kier molecular flexibility index (Phi) is 2.75. The van der Waals surface area contributed by atoms with Gasteiger partial charge in [-0.05, 0) is 6.92 Å². The van der Waals surface area contributed by atoms with Crippen LogP contribution in [0.15, 0.2) is 12.3 Å². The highest BCUT2D eigenvalue weighted by Crippen LogP contribution is 2.34. The number of aliphatic hydroxyl groups excluding tert-OH is 1. The van der Waals surface area contributed by atoms with E-state index in [1.807, 2.05) is 13.8 Å². The summed E-state index contributed by atoms with van der Waals surface area (Å²) in [4.78, 5) is 0. The van der Waals surface area contributed by atoms with Crippen molar-refractivity contribution in [1.82, 2.24) is 0 Å². The van der Waals surface area contributed by atoms with Gasteiger partial charge >= 0.3 is 0 Å². The molecule has 0 radical (unpaired) electrons. The van der Waals surface area contributed by atoms with Crippen LogP contribution in [0.5, 0.6) is 0 Å². The Morgan fingerprint density at radius 1 is 1.83 bits per heavy atom. The first-order valence-electron chi connectivity index (χ1n) is 4.26. The average Bonchev–Trinajstić information content (AvgIpc) is 2.69. The molecule has 0 amide bonds. The molecule has 1 heterocycles. The van der Waals surface area contributed by atoms with Crippen molar-refractivity contribution < 1.29 is 14.6 Å². The van der Waals surface area contributed by atoms with E-state index in [0.29, 0.717) is 18.8 Å². The van der Waals surface area contributed by atoms with Crippen molar-refractivity contribution in [3.63, 3.8) is 0 Å². The minimum Gasteiger partial charge on any atom is -0.467 e. The molecule has 2 unspecified atom stereocenters. The Bertz CT molecular complexity index is 173. The molecule has 70 valence electrons. The fourth-order valence-electron chi connectivity index (χ4n) is 0.864. The summed E-state index contributed by atoms with van der Waals surface area (Å²) < 4.78 is 10.3. The number of hydrogen-bond donors (Lipinski definition) is 1. The van der Waals surface area contributed by atoms with E-state index < -0.39 is 6.29 Å². The standard InChI is InChI=1S/C9H16O3/c1-4-5-8(10)12-7(2)9(3)6-11-9/h8,10H,2,4-6H2,1,3H3. The van der Waals surface area contributed by atoms with E-state index in [2.05, 4.69) is 6.58 Å². The van der Waals surface area contributed by atoms with Crippen LogP contribution in [0.4, 0.5) is 0 Å².